The SMILES string of the molecule is NN(CCO)N=O. The van der Waals surface area contributed by atoms with E-state index in [-0.39, 0.29) is 13.2 Å². The van der Waals surface area contributed by atoms with E-state index in [0.717, 1.165) is 0 Å². The van der Waals surface area contributed by atoms with Crippen LogP contribution in [0.25, 0.3) is 0 Å². The fourth-order valence-corrected chi connectivity index (χ4v) is 0.143. The van der Waals surface area contributed by atoms with Gasteiger partial charge in [-0.15, -0.1) is 4.91 Å². The molecule has 0 unspecified atom stereocenters. The predicted molar refractivity (Wildman–Crippen MR) is 23.8 cm³/mol. The smallest absolute Gasteiger partial charge is 0.0794 e. The molecule has 0 saturated heterocycles. The van der Waals surface area contributed by atoms with Crippen LogP contribution < -0.4 is 5.84 Å². The maximum Gasteiger partial charge on any atom is 0.0794 e. The zero-order valence-electron chi connectivity index (χ0n) is 3.74. The predicted octanol–water partition coefficient (Wildman–Crippen LogP) is -1.16. The van der Waals surface area contributed by atoms with E-state index in [2.05, 4.69) is 5.29 Å². The van der Waals surface area contributed by atoms with E-state index in [1.54, 1.807) is 0 Å². The molecule has 0 aliphatic carbocycles. The van der Waals surface area contributed by atoms with Crippen molar-refractivity contribution in [1.82, 2.24) is 5.12 Å². The summed E-state index contributed by atoms with van der Waals surface area (Å²) in [5.41, 5.74) is 0. The molecule has 0 atom stereocenters. The Morgan fingerprint density at radius 2 is 2.43 bits per heavy atom. The number of aliphatic hydroxyl groups is 1. The third-order valence-electron chi connectivity index (χ3n) is 0.434. The molecule has 0 heterocycles. The standard InChI is InChI=1S/C2H7N3O2/c3-5(4-7)1-2-6/h6H,1-3H2. The van der Waals surface area contributed by atoms with Crippen molar-refractivity contribution in [3.8, 4) is 0 Å². The van der Waals surface area contributed by atoms with Gasteiger partial charge in [0.15, 0.2) is 0 Å². The van der Waals surface area contributed by atoms with Crippen molar-refractivity contribution >= 4 is 0 Å². The van der Waals surface area contributed by atoms with Crippen molar-refractivity contribution in [1.29, 1.82) is 0 Å². The third-order valence-corrected chi connectivity index (χ3v) is 0.434. The highest BCUT2D eigenvalue weighted by Crippen LogP contribution is 1.71. The molecule has 5 heteroatoms. The van der Waals surface area contributed by atoms with Gasteiger partial charge in [-0.1, -0.05) is 0 Å². The summed E-state index contributed by atoms with van der Waals surface area (Å²) < 4.78 is 0. The molecular weight excluding hydrogens is 98.0 g/mol. The number of nitrogens with two attached hydrogens (primary N) is 1. The van der Waals surface area contributed by atoms with Crippen LogP contribution in [-0.4, -0.2) is 23.4 Å². The minimum atomic E-state index is -0.151. The number of nitrogens with zero attached hydrogens (tertiary/aromatic N) is 2. The quantitative estimate of drug-likeness (QED) is 0.269. The Morgan fingerprint density at radius 3 is 2.57 bits per heavy atom. The van der Waals surface area contributed by atoms with Crippen LogP contribution in [0, 0.1) is 4.91 Å². The minimum Gasteiger partial charge on any atom is -0.394 e. The molecule has 0 fully saturated rings. The second-order valence-electron chi connectivity index (χ2n) is 0.968. The zero-order chi connectivity index (χ0) is 5.70. The van der Waals surface area contributed by atoms with E-state index in [1.807, 2.05) is 0 Å². The number of aliphatic hydroxyl groups excluding tert-OH is 1. The van der Waals surface area contributed by atoms with Crippen LogP contribution in [0.1, 0.15) is 0 Å². The normalized spacial score (nSPS) is 8.29. The van der Waals surface area contributed by atoms with E-state index in [9.17, 15) is 4.91 Å². The largest absolute Gasteiger partial charge is 0.394 e. The number of nitroso groups, excluding NO2 is 1. The van der Waals surface area contributed by atoms with Crippen LogP contribution in [-0.2, 0) is 0 Å². The molecule has 3 N–H and O–H groups in total. The molecule has 0 aliphatic heterocycles. The summed E-state index contributed by atoms with van der Waals surface area (Å²) in [5.74, 6) is 4.78. The molecule has 0 aromatic heterocycles. The van der Waals surface area contributed by atoms with Crippen LogP contribution in [0.3, 0.4) is 0 Å². The molecule has 0 aliphatic rings. The zero-order valence-corrected chi connectivity index (χ0v) is 3.74. The highest BCUT2D eigenvalue weighted by molar-refractivity contribution is 4.32. The molecule has 0 spiro atoms. The molecule has 0 radical (unpaired) electrons. The van der Waals surface area contributed by atoms with Crippen molar-refractivity contribution < 1.29 is 5.11 Å². The molecule has 0 bridgehead atoms. The molecule has 0 aromatic carbocycles. The lowest BCUT2D eigenvalue weighted by Crippen LogP contribution is -2.27. The van der Waals surface area contributed by atoms with Gasteiger partial charge in [-0.25, -0.2) is 5.84 Å². The lowest BCUT2D eigenvalue weighted by molar-refractivity contribution is 0.202. The van der Waals surface area contributed by atoms with Crippen LogP contribution in [0.15, 0.2) is 5.29 Å². The van der Waals surface area contributed by atoms with Crippen LogP contribution >= 0.6 is 0 Å². The van der Waals surface area contributed by atoms with Crippen LogP contribution in [0.5, 0.6) is 0 Å². The Bertz CT molecular complexity index is 56.9. The Kier molecular flexibility index (Phi) is 3.17. The number of hydrogen-bond acceptors (Lipinski definition) is 4. The first-order chi connectivity index (χ1) is 3.31. The Hall–Kier alpha value is -0.680. The molecule has 5 nitrogen and oxygen atoms in total. The van der Waals surface area contributed by atoms with Gasteiger partial charge in [0, 0.05) is 0 Å². The minimum absolute atomic E-state index is 0.0868. The Morgan fingerprint density at radius 1 is 1.86 bits per heavy atom. The third kappa shape index (κ3) is 3.14. The van der Waals surface area contributed by atoms with E-state index >= 15 is 0 Å². The maximum absolute atomic E-state index is 9.33. The molecule has 0 saturated carbocycles. The van der Waals surface area contributed by atoms with Crippen LogP contribution in [0.2, 0.25) is 0 Å². The van der Waals surface area contributed by atoms with Gasteiger partial charge < -0.3 is 5.11 Å². The van der Waals surface area contributed by atoms with Crippen molar-refractivity contribution in [2.24, 2.45) is 11.1 Å². The molecular formula is C2H7N3O2. The fraction of sp³-hybridized carbons (Fsp3) is 1.00. The molecule has 42 valence electrons. The summed E-state index contributed by atoms with van der Waals surface area (Å²) in [7, 11) is 0. The molecule has 7 heavy (non-hydrogen) atoms. The average Bonchev–Trinajstić information content (AvgIpc) is 1.68. The molecule has 0 rings (SSSR count). The van der Waals surface area contributed by atoms with Crippen molar-refractivity contribution in [2.45, 2.75) is 0 Å². The second-order valence-corrected chi connectivity index (χ2v) is 0.968. The molecule has 0 aromatic rings. The first-order valence-electron chi connectivity index (χ1n) is 1.77. The van der Waals surface area contributed by atoms with Gasteiger partial charge in [0.2, 0.25) is 0 Å². The summed E-state index contributed by atoms with van der Waals surface area (Å²) in [6.45, 7) is -0.0637. The Labute approximate surface area is 40.6 Å². The van der Waals surface area contributed by atoms with E-state index < -0.39 is 0 Å². The summed E-state index contributed by atoms with van der Waals surface area (Å²) in [6.07, 6.45) is 0. The summed E-state index contributed by atoms with van der Waals surface area (Å²) >= 11 is 0. The number of hydrazine groups is 1. The van der Waals surface area contributed by atoms with Gasteiger partial charge in [0.1, 0.15) is 0 Å². The first-order valence-corrected chi connectivity index (χ1v) is 1.77. The highest BCUT2D eigenvalue weighted by Gasteiger charge is 1.87. The van der Waals surface area contributed by atoms with Gasteiger partial charge in [-0.2, -0.15) is 5.12 Å². The van der Waals surface area contributed by atoms with Gasteiger partial charge in [-0.05, 0) is 0 Å². The monoisotopic (exact) mass is 105 g/mol. The Balaban J connectivity index is 2.98. The van der Waals surface area contributed by atoms with Gasteiger partial charge in [0.05, 0.1) is 18.4 Å². The van der Waals surface area contributed by atoms with E-state index in [4.69, 9.17) is 10.9 Å². The fourth-order valence-electron chi connectivity index (χ4n) is 0.143. The van der Waals surface area contributed by atoms with Crippen LogP contribution in [0.4, 0.5) is 0 Å². The van der Waals surface area contributed by atoms with Gasteiger partial charge in [-0.3, -0.25) is 0 Å². The van der Waals surface area contributed by atoms with E-state index in [1.165, 1.54) is 0 Å². The van der Waals surface area contributed by atoms with E-state index in [0.29, 0.717) is 5.12 Å². The van der Waals surface area contributed by atoms with Crippen molar-refractivity contribution in [2.75, 3.05) is 13.2 Å². The highest BCUT2D eigenvalue weighted by atomic mass is 16.3. The van der Waals surface area contributed by atoms with Gasteiger partial charge >= 0.3 is 0 Å². The first kappa shape index (κ1) is 6.32. The lowest BCUT2D eigenvalue weighted by atomic mass is 10.7. The number of rotatable bonds is 3. The van der Waals surface area contributed by atoms with Gasteiger partial charge in [0.25, 0.3) is 0 Å². The van der Waals surface area contributed by atoms with Crippen molar-refractivity contribution in [3.05, 3.63) is 4.91 Å². The van der Waals surface area contributed by atoms with Crippen molar-refractivity contribution in [3.63, 3.8) is 0 Å². The molecule has 0 amide bonds. The lowest BCUT2D eigenvalue weighted by Gasteiger charge is -2.01. The second kappa shape index (κ2) is 3.51. The maximum atomic E-state index is 9.33. The summed E-state index contributed by atoms with van der Waals surface area (Å²) in [6, 6.07) is 0. The summed E-state index contributed by atoms with van der Waals surface area (Å²) in [4.78, 5) is 9.33. The summed E-state index contributed by atoms with van der Waals surface area (Å²) in [5, 5.41) is 11.0. The number of hydrogen-bond donors (Lipinski definition) is 2. The topological polar surface area (TPSA) is 78.9 Å². The average molecular weight is 105 g/mol.